The Bertz CT molecular complexity index is 449. The fourth-order valence-corrected chi connectivity index (χ4v) is 3.34. The van der Waals surface area contributed by atoms with Gasteiger partial charge in [-0.3, -0.25) is 4.90 Å². The zero-order chi connectivity index (χ0) is 15.5. The molecule has 21 heavy (non-hydrogen) atoms. The van der Waals surface area contributed by atoms with Crippen molar-refractivity contribution in [3.63, 3.8) is 0 Å². The fraction of sp³-hybridized carbons (Fsp3) is 0.625. The average molecular weight is 301 g/mol. The Balaban J connectivity index is 2.19. The summed E-state index contributed by atoms with van der Waals surface area (Å²) in [6, 6.07) is 9.59. The van der Waals surface area contributed by atoms with Gasteiger partial charge in [0.15, 0.2) is 0 Å². The molecule has 0 N–H and O–H groups in total. The Labute approximate surface area is 123 Å². The first-order chi connectivity index (χ1) is 9.93. The van der Waals surface area contributed by atoms with Crippen LogP contribution < -0.4 is 0 Å². The Morgan fingerprint density at radius 2 is 1.95 bits per heavy atom. The smallest absolute Gasteiger partial charge is 0.379 e. The van der Waals surface area contributed by atoms with Crippen molar-refractivity contribution in [2.24, 2.45) is 5.41 Å². The maximum absolute atomic E-state index is 13.6. The second-order valence-electron chi connectivity index (χ2n) is 5.78. The summed E-state index contributed by atoms with van der Waals surface area (Å²) in [5.41, 5.74) is -0.715. The van der Waals surface area contributed by atoms with Crippen molar-refractivity contribution in [1.29, 1.82) is 0 Å². The van der Waals surface area contributed by atoms with Crippen LogP contribution in [0.1, 0.15) is 25.3 Å². The minimum Gasteiger partial charge on any atom is -0.379 e. The zero-order valence-electron chi connectivity index (χ0n) is 12.5. The lowest BCUT2D eigenvalue weighted by atomic mass is 9.79. The molecule has 0 radical (unpaired) electrons. The first-order valence-corrected chi connectivity index (χ1v) is 7.28. The fourth-order valence-electron chi connectivity index (χ4n) is 3.34. The highest BCUT2D eigenvalue weighted by molar-refractivity contribution is 5.15. The van der Waals surface area contributed by atoms with Crippen LogP contribution in [0.25, 0.3) is 0 Å². The molecule has 1 aromatic rings. The van der Waals surface area contributed by atoms with E-state index in [9.17, 15) is 13.2 Å². The minimum atomic E-state index is -4.24. The maximum atomic E-state index is 13.6. The summed E-state index contributed by atoms with van der Waals surface area (Å²) >= 11 is 0. The van der Waals surface area contributed by atoms with Crippen molar-refractivity contribution in [2.45, 2.75) is 38.6 Å². The van der Waals surface area contributed by atoms with Gasteiger partial charge in [-0.25, -0.2) is 0 Å². The van der Waals surface area contributed by atoms with Crippen LogP contribution in [0.15, 0.2) is 30.3 Å². The Morgan fingerprint density at radius 3 is 2.48 bits per heavy atom. The third-order valence-electron chi connectivity index (χ3n) is 4.34. The molecular weight excluding hydrogens is 279 g/mol. The third-order valence-corrected chi connectivity index (χ3v) is 4.34. The first kappa shape index (κ1) is 16.3. The monoisotopic (exact) mass is 301 g/mol. The molecule has 2 nitrogen and oxygen atoms in total. The number of hydrogen-bond acceptors (Lipinski definition) is 2. The van der Waals surface area contributed by atoms with E-state index in [1.807, 2.05) is 35.2 Å². The van der Waals surface area contributed by atoms with Gasteiger partial charge in [-0.2, -0.15) is 13.2 Å². The van der Waals surface area contributed by atoms with Crippen molar-refractivity contribution >= 4 is 0 Å². The Kier molecular flexibility index (Phi) is 4.94. The summed E-state index contributed by atoms with van der Waals surface area (Å²) in [4.78, 5) is 1.85. The highest BCUT2D eigenvalue weighted by Crippen LogP contribution is 2.50. The predicted molar refractivity (Wildman–Crippen MR) is 75.9 cm³/mol. The summed E-state index contributed by atoms with van der Waals surface area (Å²) in [5, 5.41) is 0. The van der Waals surface area contributed by atoms with Crippen molar-refractivity contribution in [2.75, 3.05) is 20.2 Å². The van der Waals surface area contributed by atoms with E-state index in [2.05, 4.69) is 0 Å². The van der Waals surface area contributed by atoms with E-state index in [4.69, 9.17) is 4.74 Å². The molecule has 0 aromatic heterocycles. The highest BCUT2D eigenvalue weighted by Gasteiger charge is 2.62. The van der Waals surface area contributed by atoms with Gasteiger partial charge < -0.3 is 4.74 Å². The van der Waals surface area contributed by atoms with E-state index in [1.54, 1.807) is 6.92 Å². The molecule has 2 rings (SSSR count). The maximum Gasteiger partial charge on any atom is 0.398 e. The van der Waals surface area contributed by atoms with Crippen LogP contribution in [0.5, 0.6) is 0 Å². The van der Waals surface area contributed by atoms with Gasteiger partial charge in [0.25, 0.3) is 0 Å². The lowest BCUT2D eigenvalue weighted by molar-refractivity contribution is -0.248. The SMILES string of the molecule is CCCC1(C(F)(F)F)CN(Cc2ccccc2)CC1OC. The lowest BCUT2D eigenvalue weighted by Gasteiger charge is -2.35. The third kappa shape index (κ3) is 3.24. The summed E-state index contributed by atoms with van der Waals surface area (Å²) in [5.74, 6) is 0. The summed E-state index contributed by atoms with van der Waals surface area (Å²) < 4.78 is 46.1. The summed E-state index contributed by atoms with van der Waals surface area (Å²) in [7, 11) is 1.38. The van der Waals surface area contributed by atoms with Crippen LogP contribution in [0.4, 0.5) is 13.2 Å². The number of halogens is 3. The van der Waals surface area contributed by atoms with Crippen molar-refractivity contribution in [3.8, 4) is 0 Å². The van der Waals surface area contributed by atoms with E-state index in [1.165, 1.54) is 7.11 Å². The van der Waals surface area contributed by atoms with Crippen LogP contribution in [0.3, 0.4) is 0 Å². The number of ether oxygens (including phenoxy) is 1. The summed E-state index contributed by atoms with van der Waals surface area (Å²) in [6.07, 6.45) is -4.42. The van der Waals surface area contributed by atoms with E-state index < -0.39 is 17.7 Å². The number of rotatable bonds is 5. The van der Waals surface area contributed by atoms with Gasteiger partial charge in [0.2, 0.25) is 0 Å². The van der Waals surface area contributed by atoms with Crippen LogP contribution in [0.2, 0.25) is 0 Å². The van der Waals surface area contributed by atoms with Crippen molar-refractivity contribution < 1.29 is 17.9 Å². The van der Waals surface area contributed by atoms with Crippen LogP contribution in [-0.2, 0) is 11.3 Å². The van der Waals surface area contributed by atoms with E-state index in [0.29, 0.717) is 19.5 Å². The molecule has 0 amide bonds. The standard InChI is InChI=1S/C16H22F3NO/c1-3-9-15(16(17,18)19)12-20(11-14(15)21-2)10-13-7-5-4-6-8-13/h4-8,14H,3,9-12H2,1-2H3. The molecule has 0 bridgehead atoms. The zero-order valence-corrected chi connectivity index (χ0v) is 12.5. The average Bonchev–Trinajstić information content (AvgIpc) is 2.79. The van der Waals surface area contributed by atoms with Gasteiger partial charge in [-0.1, -0.05) is 43.7 Å². The number of alkyl halides is 3. The van der Waals surface area contributed by atoms with Gasteiger partial charge in [-0.15, -0.1) is 0 Å². The van der Waals surface area contributed by atoms with Gasteiger partial charge in [-0.05, 0) is 12.0 Å². The molecule has 1 fully saturated rings. The van der Waals surface area contributed by atoms with E-state index >= 15 is 0 Å². The van der Waals surface area contributed by atoms with Crippen LogP contribution >= 0.6 is 0 Å². The number of methoxy groups -OCH3 is 1. The molecule has 0 spiro atoms. The topological polar surface area (TPSA) is 12.5 Å². The van der Waals surface area contributed by atoms with Gasteiger partial charge in [0.1, 0.15) is 5.41 Å². The molecule has 118 valence electrons. The van der Waals surface area contributed by atoms with Crippen molar-refractivity contribution in [3.05, 3.63) is 35.9 Å². The normalized spacial score (nSPS) is 27.2. The lowest BCUT2D eigenvalue weighted by Crippen LogP contribution is -2.48. The summed E-state index contributed by atoms with van der Waals surface area (Å²) in [6.45, 7) is 2.66. The number of nitrogens with zero attached hydrogens (tertiary/aromatic N) is 1. The number of benzene rings is 1. The molecule has 1 aliphatic rings. The molecule has 5 heteroatoms. The second kappa shape index (κ2) is 6.36. The van der Waals surface area contributed by atoms with Gasteiger partial charge in [0.05, 0.1) is 6.10 Å². The van der Waals surface area contributed by atoms with Gasteiger partial charge in [0, 0.05) is 26.7 Å². The quantitative estimate of drug-likeness (QED) is 0.818. The predicted octanol–water partition coefficient (Wildman–Crippen LogP) is 3.87. The Hall–Kier alpha value is -1.07. The van der Waals surface area contributed by atoms with E-state index in [-0.39, 0.29) is 13.0 Å². The van der Waals surface area contributed by atoms with Crippen LogP contribution in [-0.4, -0.2) is 37.4 Å². The number of hydrogen-bond donors (Lipinski definition) is 0. The molecule has 1 saturated heterocycles. The first-order valence-electron chi connectivity index (χ1n) is 7.28. The molecule has 1 aromatic carbocycles. The molecule has 2 atom stereocenters. The molecule has 2 unspecified atom stereocenters. The Morgan fingerprint density at radius 1 is 1.29 bits per heavy atom. The van der Waals surface area contributed by atoms with Gasteiger partial charge >= 0.3 is 6.18 Å². The minimum absolute atomic E-state index is 0.0116. The molecular formula is C16H22F3NO. The largest absolute Gasteiger partial charge is 0.398 e. The van der Waals surface area contributed by atoms with Crippen molar-refractivity contribution in [1.82, 2.24) is 4.90 Å². The molecule has 1 aliphatic heterocycles. The molecule has 1 heterocycles. The molecule has 0 saturated carbocycles. The van der Waals surface area contributed by atoms with Crippen LogP contribution in [0, 0.1) is 5.41 Å². The highest BCUT2D eigenvalue weighted by atomic mass is 19.4. The second-order valence-corrected chi connectivity index (χ2v) is 5.78. The molecule has 0 aliphatic carbocycles. The van der Waals surface area contributed by atoms with E-state index in [0.717, 1.165) is 5.56 Å². The number of likely N-dealkylation sites (tertiary alicyclic amines) is 1.